The summed E-state index contributed by atoms with van der Waals surface area (Å²) in [6.45, 7) is 0. The molecule has 0 spiro atoms. The van der Waals surface area contributed by atoms with Crippen LogP contribution in [0.3, 0.4) is 0 Å². The normalized spacial score (nSPS) is 21.1. The van der Waals surface area contributed by atoms with Gasteiger partial charge < -0.3 is 9.30 Å². The zero-order valence-corrected chi connectivity index (χ0v) is 13.7. The molecule has 26 heavy (non-hydrogen) atoms. The number of epoxide rings is 1. The molecule has 2 heterocycles. The Morgan fingerprint density at radius 1 is 0.731 bits per heavy atom. The summed E-state index contributed by atoms with van der Waals surface area (Å²) in [5.74, 6) is -0.174. The van der Waals surface area contributed by atoms with Crippen molar-refractivity contribution in [3.05, 3.63) is 77.9 Å². The van der Waals surface area contributed by atoms with Gasteiger partial charge in [-0.05, 0) is 24.3 Å². The monoisotopic (exact) mass is 339 g/mol. The van der Waals surface area contributed by atoms with Gasteiger partial charge in [-0.25, -0.2) is 0 Å². The first-order chi connectivity index (χ1) is 12.8. The Bertz CT molecular complexity index is 1250. The molecule has 0 bridgehead atoms. The summed E-state index contributed by atoms with van der Waals surface area (Å²) in [6.07, 6.45) is -1.19. The largest absolute Gasteiger partial charge is 0.352 e. The van der Waals surface area contributed by atoms with E-state index in [1.54, 1.807) is 6.07 Å². The van der Waals surface area contributed by atoms with Gasteiger partial charge in [0.1, 0.15) is 0 Å². The maximum absolute atomic E-state index is 13.0. The third kappa shape index (κ3) is 1.62. The molecule has 1 aliphatic heterocycles. The molecule has 3 aromatic carbocycles. The molecule has 0 amide bonds. The highest BCUT2D eigenvalue weighted by Crippen LogP contribution is 2.42. The summed E-state index contributed by atoms with van der Waals surface area (Å²) in [6, 6.07) is 21.7. The van der Waals surface area contributed by atoms with Gasteiger partial charge in [0, 0.05) is 22.0 Å². The van der Waals surface area contributed by atoms with Crippen molar-refractivity contribution in [2.45, 2.75) is 12.2 Å². The number of nitrogens with zero attached hydrogens (tertiary/aromatic N) is 1. The van der Waals surface area contributed by atoms with Crippen LogP contribution in [0.5, 0.6) is 0 Å². The molecule has 4 aromatic rings. The number of carbonyl (C=O) groups is 2. The summed E-state index contributed by atoms with van der Waals surface area (Å²) in [5, 5.41) is 2.04. The van der Waals surface area contributed by atoms with Gasteiger partial charge in [-0.3, -0.25) is 9.59 Å². The zero-order chi connectivity index (χ0) is 17.4. The standard InChI is InChI=1S/C22H13NO3/c24-19-15-11-10-14-13-8-4-5-9-16(13)23(12-6-2-1-3-7-12)18(14)17(15)20(25)22-21(19)26-22/h1-11,21-22H. The van der Waals surface area contributed by atoms with Crippen molar-refractivity contribution in [3.8, 4) is 5.69 Å². The first-order valence-corrected chi connectivity index (χ1v) is 8.61. The summed E-state index contributed by atoms with van der Waals surface area (Å²) >= 11 is 0. The smallest absolute Gasteiger partial charge is 0.197 e. The number of aromatic nitrogens is 1. The van der Waals surface area contributed by atoms with Crippen molar-refractivity contribution in [1.82, 2.24) is 4.57 Å². The van der Waals surface area contributed by atoms with Gasteiger partial charge >= 0.3 is 0 Å². The summed E-state index contributed by atoms with van der Waals surface area (Å²) in [5.41, 5.74) is 3.74. The molecule has 1 saturated heterocycles. The number of fused-ring (bicyclic) bond motifs is 6. The second kappa shape index (κ2) is 4.68. The number of carbonyl (C=O) groups excluding carboxylic acids is 2. The molecule has 2 atom stereocenters. The number of ether oxygens (including phenoxy) is 1. The number of rotatable bonds is 1. The molecule has 0 N–H and O–H groups in total. The lowest BCUT2D eigenvalue weighted by Gasteiger charge is -2.15. The Labute approximate surface area is 148 Å². The number of benzene rings is 3. The van der Waals surface area contributed by atoms with Crippen LogP contribution in [0.1, 0.15) is 20.7 Å². The number of para-hydroxylation sites is 2. The number of ketones is 2. The number of hydrogen-bond acceptors (Lipinski definition) is 3. The highest BCUT2D eigenvalue weighted by Gasteiger charge is 2.55. The van der Waals surface area contributed by atoms with E-state index in [0.29, 0.717) is 11.1 Å². The van der Waals surface area contributed by atoms with Crippen LogP contribution >= 0.6 is 0 Å². The van der Waals surface area contributed by atoms with Crippen molar-refractivity contribution in [2.75, 3.05) is 0 Å². The maximum Gasteiger partial charge on any atom is 0.197 e. The van der Waals surface area contributed by atoms with Gasteiger partial charge in [-0.1, -0.05) is 42.5 Å². The lowest BCUT2D eigenvalue weighted by atomic mass is 9.88. The minimum atomic E-state index is -0.608. The van der Waals surface area contributed by atoms with E-state index in [9.17, 15) is 9.59 Å². The highest BCUT2D eigenvalue weighted by molar-refractivity contribution is 6.28. The van der Waals surface area contributed by atoms with Crippen molar-refractivity contribution in [1.29, 1.82) is 0 Å². The average molecular weight is 339 g/mol. The van der Waals surface area contributed by atoms with E-state index in [1.165, 1.54) is 0 Å². The first-order valence-electron chi connectivity index (χ1n) is 8.61. The Balaban J connectivity index is 1.85. The molecule has 1 fully saturated rings. The molecule has 2 unspecified atom stereocenters. The number of hydrogen-bond donors (Lipinski definition) is 0. The molecule has 0 saturated carbocycles. The van der Waals surface area contributed by atoms with Gasteiger partial charge in [0.25, 0.3) is 0 Å². The van der Waals surface area contributed by atoms with E-state index in [1.807, 2.05) is 54.6 Å². The van der Waals surface area contributed by atoms with E-state index in [2.05, 4.69) is 10.6 Å². The topological polar surface area (TPSA) is 51.6 Å². The van der Waals surface area contributed by atoms with Crippen LogP contribution < -0.4 is 0 Å². The molecule has 2 aliphatic rings. The maximum atomic E-state index is 13.0. The van der Waals surface area contributed by atoms with Crippen molar-refractivity contribution >= 4 is 33.4 Å². The van der Waals surface area contributed by atoms with Gasteiger partial charge in [-0.2, -0.15) is 0 Å². The fraction of sp³-hybridized carbons (Fsp3) is 0.0909. The van der Waals surface area contributed by atoms with Crippen LogP contribution in [0.15, 0.2) is 66.7 Å². The van der Waals surface area contributed by atoms with Gasteiger partial charge in [-0.15, -0.1) is 0 Å². The van der Waals surface area contributed by atoms with Gasteiger partial charge in [0.2, 0.25) is 0 Å². The third-order valence-electron chi connectivity index (χ3n) is 5.37. The van der Waals surface area contributed by atoms with E-state index in [4.69, 9.17) is 4.74 Å². The molecular formula is C22H13NO3. The summed E-state index contributed by atoms with van der Waals surface area (Å²) in [4.78, 5) is 25.6. The van der Waals surface area contributed by atoms with Gasteiger partial charge in [0.15, 0.2) is 23.8 Å². The molecule has 1 aliphatic carbocycles. The summed E-state index contributed by atoms with van der Waals surface area (Å²) in [7, 11) is 0. The quantitative estimate of drug-likeness (QED) is 0.494. The predicted octanol–water partition coefficient (Wildman–Crippen LogP) is 3.93. The van der Waals surface area contributed by atoms with E-state index < -0.39 is 12.2 Å². The minimum Gasteiger partial charge on any atom is -0.352 e. The Morgan fingerprint density at radius 2 is 1.46 bits per heavy atom. The lowest BCUT2D eigenvalue weighted by Crippen LogP contribution is -2.26. The fourth-order valence-electron chi connectivity index (χ4n) is 4.16. The molecule has 1 aromatic heterocycles. The Kier molecular flexibility index (Phi) is 2.52. The minimum absolute atomic E-state index is 0.0867. The molecule has 0 radical (unpaired) electrons. The second-order valence-electron chi connectivity index (χ2n) is 6.78. The molecule has 4 heteroatoms. The van der Waals surface area contributed by atoms with Crippen LogP contribution in [-0.4, -0.2) is 28.3 Å². The SMILES string of the molecule is O=C1c2ccc3c4ccccc4n(-c4ccccc4)c3c2C(=O)C2OC12. The second-order valence-corrected chi connectivity index (χ2v) is 6.78. The molecular weight excluding hydrogens is 326 g/mol. The van der Waals surface area contributed by atoms with Crippen LogP contribution in [0.2, 0.25) is 0 Å². The van der Waals surface area contributed by atoms with E-state index >= 15 is 0 Å². The van der Waals surface area contributed by atoms with E-state index in [0.717, 1.165) is 27.5 Å². The summed E-state index contributed by atoms with van der Waals surface area (Å²) < 4.78 is 7.43. The fourth-order valence-corrected chi connectivity index (χ4v) is 4.16. The van der Waals surface area contributed by atoms with Crippen LogP contribution in [0.25, 0.3) is 27.5 Å². The number of Topliss-reactive ketones (excluding diaryl/α,β-unsaturated/α-hetero) is 2. The third-order valence-corrected chi connectivity index (χ3v) is 5.37. The van der Waals surface area contributed by atoms with Crippen molar-refractivity contribution in [3.63, 3.8) is 0 Å². The zero-order valence-electron chi connectivity index (χ0n) is 13.7. The average Bonchev–Trinajstić information content (AvgIpc) is 3.42. The van der Waals surface area contributed by atoms with Gasteiger partial charge in [0.05, 0.1) is 16.6 Å². The lowest BCUT2D eigenvalue weighted by molar-refractivity contribution is 0.0923. The van der Waals surface area contributed by atoms with Crippen LogP contribution in [-0.2, 0) is 4.74 Å². The van der Waals surface area contributed by atoms with Crippen molar-refractivity contribution in [2.24, 2.45) is 0 Å². The molecule has 4 nitrogen and oxygen atoms in total. The Morgan fingerprint density at radius 3 is 2.31 bits per heavy atom. The molecule has 6 rings (SSSR count). The van der Waals surface area contributed by atoms with Crippen molar-refractivity contribution < 1.29 is 14.3 Å². The predicted molar refractivity (Wildman–Crippen MR) is 98.1 cm³/mol. The highest BCUT2D eigenvalue weighted by atomic mass is 16.6. The van der Waals surface area contributed by atoms with Crippen LogP contribution in [0.4, 0.5) is 0 Å². The Hall–Kier alpha value is -3.24. The van der Waals surface area contributed by atoms with E-state index in [-0.39, 0.29) is 11.6 Å². The molecule has 124 valence electrons. The van der Waals surface area contributed by atoms with Crippen LogP contribution in [0, 0.1) is 0 Å². The first kappa shape index (κ1) is 14.0.